The molecule has 1 atom stereocenters. The van der Waals surface area contributed by atoms with E-state index < -0.39 is 20.1 Å². The number of rotatable bonds is 3. The maximum absolute atomic E-state index is 12.5. The molecule has 1 unspecified atom stereocenters. The first-order chi connectivity index (χ1) is 4.41. The lowest BCUT2D eigenvalue weighted by molar-refractivity contribution is 0.137. The summed E-state index contributed by atoms with van der Waals surface area (Å²) in [7, 11) is -4.48. The van der Waals surface area contributed by atoms with Gasteiger partial charge in [-0.3, -0.25) is 4.52 Å². The molecule has 1 rings (SSSR count). The minimum Gasteiger partial charge on any atom is -0.303 e. The number of halogens is 1. The fourth-order valence-electron chi connectivity index (χ4n) is 0.420. The van der Waals surface area contributed by atoms with Crippen molar-refractivity contribution in [1.29, 1.82) is 0 Å². The van der Waals surface area contributed by atoms with Crippen LogP contribution in [0.25, 0.3) is 0 Å². The molecule has 0 amide bonds. The molecule has 6 heteroatoms. The van der Waals surface area contributed by atoms with E-state index in [0.29, 0.717) is 0 Å². The van der Waals surface area contributed by atoms with Crippen molar-refractivity contribution in [3.05, 3.63) is 6.42 Å². The first-order valence-corrected chi connectivity index (χ1v) is 4.18. The predicted molar refractivity (Wildman–Crippen MR) is 30.8 cm³/mol. The summed E-state index contributed by atoms with van der Waals surface area (Å²) >= 11 is 0. The van der Waals surface area contributed by atoms with E-state index in [4.69, 9.17) is 9.79 Å². The van der Waals surface area contributed by atoms with Crippen LogP contribution in [0.5, 0.6) is 0 Å². The van der Waals surface area contributed by atoms with Crippen molar-refractivity contribution in [3.63, 3.8) is 0 Å². The summed E-state index contributed by atoms with van der Waals surface area (Å²) in [6.45, 7) is -0.544. The Bertz CT molecular complexity index is 172. The lowest BCUT2D eigenvalue weighted by Crippen LogP contribution is -2.09. The van der Waals surface area contributed by atoms with Crippen LogP contribution in [0, 0.1) is 6.42 Å². The highest BCUT2D eigenvalue weighted by Crippen LogP contribution is 2.44. The van der Waals surface area contributed by atoms with E-state index in [1.54, 1.807) is 0 Å². The molecule has 4 nitrogen and oxygen atoms in total. The van der Waals surface area contributed by atoms with Gasteiger partial charge in [-0.15, -0.1) is 0 Å². The summed E-state index contributed by atoms with van der Waals surface area (Å²) in [5.74, 6) is 0. The zero-order valence-electron chi connectivity index (χ0n) is 5.03. The maximum Gasteiger partial charge on any atom is 0.469 e. The molecule has 0 aliphatic heterocycles. The molecule has 1 fully saturated rings. The number of phosphoric ester groups is 1. The molecule has 0 saturated heterocycles. The third-order valence-electron chi connectivity index (χ3n) is 1.12. The van der Waals surface area contributed by atoms with Gasteiger partial charge in [0, 0.05) is 6.42 Å². The quantitative estimate of drug-likeness (QED) is 0.600. The molecule has 0 aromatic carbocycles. The van der Waals surface area contributed by atoms with Gasteiger partial charge in [0.2, 0.25) is 0 Å². The normalized spacial score (nSPS) is 22.7. The van der Waals surface area contributed by atoms with Crippen LogP contribution >= 0.6 is 7.82 Å². The Balaban J connectivity index is 2.23. The lowest BCUT2D eigenvalue weighted by Gasteiger charge is -2.06. The Hall–Kier alpha value is 0.0400. The van der Waals surface area contributed by atoms with Crippen molar-refractivity contribution in [3.8, 4) is 0 Å². The Morgan fingerprint density at radius 2 is 2.30 bits per heavy atom. The number of hydrogen-bond donors (Lipinski definition) is 2. The average Bonchev–Trinajstić information content (AvgIpc) is 2.43. The van der Waals surface area contributed by atoms with Crippen molar-refractivity contribution in [1.82, 2.24) is 0 Å². The lowest BCUT2D eigenvalue weighted by atomic mass is 10.4. The summed E-state index contributed by atoms with van der Waals surface area (Å²) in [4.78, 5) is 16.2. The highest BCUT2D eigenvalue weighted by Gasteiger charge is 2.45. The fraction of sp³-hybridized carbons (Fsp3) is 0.750. The van der Waals surface area contributed by atoms with Gasteiger partial charge < -0.3 is 9.79 Å². The van der Waals surface area contributed by atoms with Crippen LogP contribution < -0.4 is 0 Å². The van der Waals surface area contributed by atoms with Gasteiger partial charge in [0.25, 0.3) is 0 Å². The second-order valence-electron chi connectivity index (χ2n) is 2.21. The zero-order valence-corrected chi connectivity index (χ0v) is 5.92. The minimum atomic E-state index is -4.48. The number of alkyl halides is 1. The fourth-order valence-corrected chi connectivity index (χ4v) is 0.803. The average molecular weight is 169 g/mol. The van der Waals surface area contributed by atoms with Crippen LogP contribution in [-0.2, 0) is 9.09 Å². The molecular weight excluding hydrogens is 162 g/mol. The first kappa shape index (κ1) is 8.14. The van der Waals surface area contributed by atoms with Gasteiger partial charge in [-0.2, -0.15) is 0 Å². The van der Waals surface area contributed by atoms with E-state index in [1.807, 2.05) is 0 Å². The van der Waals surface area contributed by atoms with Crippen molar-refractivity contribution in [2.24, 2.45) is 0 Å². The van der Waals surface area contributed by atoms with Crippen LogP contribution in [0.3, 0.4) is 0 Å². The molecule has 0 aromatic rings. The molecule has 0 aromatic heterocycles. The highest BCUT2D eigenvalue weighted by molar-refractivity contribution is 7.46. The summed E-state index contributed by atoms with van der Waals surface area (Å²) in [5, 5.41) is 0. The monoisotopic (exact) mass is 169 g/mol. The van der Waals surface area contributed by atoms with Gasteiger partial charge in [-0.05, 0) is 6.42 Å². The topological polar surface area (TPSA) is 66.8 Å². The molecule has 1 aliphatic rings. The Morgan fingerprint density at radius 3 is 2.60 bits per heavy atom. The van der Waals surface area contributed by atoms with Crippen LogP contribution in [0.15, 0.2) is 0 Å². The highest BCUT2D eigenvalue weighted by atomic mass is 31.2. The third-order valence-corrected chi connectivity index (χ3v) is 1.59. The largest absolute Gasteiger partial charge is 0.469 e. The summed E-state index contributed by atoms with van der Waals surface area (Å²) < 4.78 is 26.4. The molecule has 1 saturated carbocycles. The zero-order chi connectivity index (χ0) is 7.83. The molecule has 0 bridgehead atoms. The van der Waals surface area contributed by atoms with Crippen LogP contribution in [-0.4, -0.2) is 22.1 Å². The molecule has 0 heterocycles. The standard InChI is InChI=1S/C4H7FO4P/c5-4(1-2-4)3-9-10(6,7)8/h1H,2-3H2,(H2,6,7,8). The summed E-state index contributed by atoms with van der Waals surface area (Å²) in [6.07, 6.45) is 1.51. The van der Waals surface area contributed by atoms with E-state index in [0.717, 1.165) is 0 Å². The predicted octanol–water partition coefficient (Wildman–Crippen LogP) is 0.412. The second kappa shape index (κ2) is 2.27. The van der Waals surface area contributed by atoms with E-state index in [9.17, 15) is 8.96 Å². The van der Waals surface area contributed by atoms with E-state index >= 15 is 0 Å². The summed E-state index contributed by atoms with van der Waals surface area (Å²) in [6, 6.07) is 0. The molecule has 59 valence electrons. The molecule has 2 N–H and O–H groups in total. The van der Waals surface area contributed by atoms with Crippen LogP contribution in [0.1, 0.15) is 6.42 Å². The van der Waals surface area contributed by atoms with E-state index in [1.165, 1.54) is 6.42 Å². The Morgan fingerprint density at radius 1 is 1.80 bits per heavy atom. The minimum absolute atomic E-state index is 0.215. The van der Waals surface area contributed by atoms with Crippen molar-refractivity contribution in [2.75, 3.05) is 6.61 Å². The number of hydrogen-bond acceptors (Lipinski definition) is 2. The van der Waals surface area contributed by atoms with E-state index in [2.05, 4.69) is 4.52 Å². The van der Waals surface area contributed by atoms with Gasteiger partial charge in [0.15, 0.2) is 0 Å². The first-order valence-electron chi connectivity index (χ1n) is 2.65. The van der Waals surface area contributed by atoms with Gasteiger partial charge in [-0.25, -0.2) is 8.96 Å². The molecule has 0 spiro atoms. The molecule has 1 aliphatic carbocycles. The van der Waals surface area contributed by atoms with Crippen molar-refractivity contribution >= 4 is 7.82 Å². The van der Waals surface area contributed by atoms with Gasteiger partial charge in [0.1, 0.15) is 5.67 Å². The maximum atomic E-state index is 12.5. The van der Waals surface area contributed by atoms with Crippen molar-refractivity contribution < 1.29 is 23.3 Å². The van der Waals surface area contributed by atoms with Crippen LogP contribution in [0.2, 0.25) is 0 Å². The second-order valence-corrected chi connectivity index (χ2v) is 3.45. The van der Waals surface area contributed by atoms with Gasteiger partial charge in [-0.1, -0.05) is 0 Å². The van der Waals surface area contributed by atoms with E-state index in [-0.39, 0.29) is 6.42 Å². The number of phosphoric acid groups is 1. The molecule has 10 heavy (non-hydrogen) atoms. The smallest absolute Gasteiger partial charge is 0.303 e. The van der Waals surface area contributed by atoms with Gasteiger partial charge >= 0.3 is 7.82 Å². The Labute approximate surface area is 57.2 Å². The molecule has 1 radical (unpaired) electrons. The van der Waals surface area contributed by atoms with Crippen molar-refractivity contribution in [2.45, 2.75) is 12.1 Å². The summed E-state index contributed by atoms with van der Waals surface area (Å²) in [5.41, 5.74) is -1.58. The van der Waals surface area contributed by atoms with Gasteiger partial charge in [0.05, 0.1) is 6.61 Å². The molecular formula is C4H7FO4P. The third kappa shape index (κ3) is 2.75. The Kier molecular flexibility index (Phi) is 1.85. The SMILES string of the molecule is O=P(O)(O)OCC1(F)[CH]C1. The van der Waals surface area contributed by atoms with Crippen LogP contribution in [0.4, 0.5) is 4.39 Å².